The van der Waals surface area contributed by atoms with Crippen molar-refractivity contribution in [1.29, 1.82) is 0 Å². The molecular formula is C13H8F3N3. The maximum absolute atomic E-state index is 13.1. The molecule has 0 bridgehead atoms. The molecule has 0 radical (unpaired) electrons. The first-order chi connectivity index (χ1) is 9.07. The lowest BCUT2D eigenvalue weighted by Gasteiger charge is -2.10. The zero-order valence-corrected chi connectivity index (χ0v) is 9.59. The predicted octanol–water partition coefficient (Wildman–Crippen LogP) is 3.44. The van der Waals surface area contributed by atoms with E-state index in [4.69, 9.17) is 0 Å². The van der Waals surface area contributed by atoms with E-state index in [0.717, 1.165) is 4.57 Å². The highest BCUT2D eigenvalue weighted by Gasteiger charge is 2.38. The summed E-state index contributed by atoms with van der Waals surface area (Å²) in [7, 11) is 0. The van der Waals surface area contributed by atoms with Crippen molar-refractivity contribution in [3.8, 4) is 5.82 Å². The van der Waals surface area contributed by atoms with Gasteiger partial charge in [0.25, 0.3) is 0 Å². The number of alkyl halides is 3. The van der Waals surface area contributed by atoms with Crippen molar-refractivity contribution in [1.82, 2.24) is 14.5 Å². The quantitative estimate of drug-likeness (QED) is 0.673. The van der Waals surface area contributed by atoms with E-state index in [1.165, 1.54) is 12.3 Å². The number of pyridine rings is 1. The second-order valence-corrected chi connectivity index (χ2v) is 3.95. The van der Waals surface area contributed by atoms with Crippen LogP contribution in [0.5, 0.6) is 0 Å². The highest BCUT2D eigenvalue weighted by Crippen LogP contribution is 2.33. The molecule has 0 spiro atoms. The molecule has 0 aliphatic heterocycles. The van der Waals surface area contributed by atoms with Gasteiger partial charge in [-0.05, 0) is 24.3 Å². The van der Waals surface area contributed by atoms with Gasteiger partial charge in [-0.15, -0.1) is 0 Å². The maximum Gasteiger partial charge on any atom is 0.450 e. The Balaban J connectivity index is 2.38. The minimum Gasteiger partial charge on any atom is -0.273 e. The molecule has 3 nitrogen and oxygen atoms in total. The Morgan fingerprint density at radius 3 is 2.37 bits per heavy atom. The van der Waals surface area contributed by atoms with Gasteiger partial charge < -0.3 is 0 Å². The number of para-hydroxylation sites is 2. The average molecular weight is 263 g/mol. The highest BCUT2D eigenvalue weighted by atomic mass is 19.4. The SMILES string of the molecule is FC(F)(F)c1nc2ccccc2n1-c1ccccn1. The molecule has 0 atom stereocenters. The van der Waals surface area contributed by atoms with Crippen molar-refractivity contribution < 1.29 is 13.2 Å². The van der Waals surface area contributed by atoms with Crippen molar-refractivity contribution in [2.75, 3.05) is 0 Å². The third-order valence-electron chi connectivity index (χ3n) is 2.69. The second kappa shape index (κ2) is 4.08. The molecular weight excluding hydrogens is 255 g/mol. The van der Waals surface area contributed by atoms with Crippen LogP contribution in [0.25, 0.3) is 16.9 Å². The Hall–Kier alpha value is -2.37. The Kier molecular flexibility index (Phi) is 2.51. The van der Waals surface area contributed by atoms with E-state index in [0.29, 0.717) is 11.0 Å². The second-order valence-electron chi connectivity index (χ2n) is 3.95. The lowest BCUT2D eigenvalue weighted by atomic mass is 10.3. The third kappa shape index (κ3) is 1.95. The van der Waals surface area contributed by atoms with E-state index in [-0.39, 0.29) is 5.82 Å². The van der Waals surface area contributed by atoms with E-state index in [1.807, 2.05) is 0 Å². The van der Waals surface area contributed by atoms with E-state index in [2.05, 4.69) is 9.97 Å². The molecule has 1 aromatic carbocycles. The van der Waals surface area contributed by atoms with Gasteiger partial charge in [-0.2, -0.15) is 13.2 Å². The summed E-state index contributed by atoms with van der Waals surface area (Å²) in [6, 6.07) is 11.3. The van der Waals surface area contributed by atoms with Gasteiger partial charge in [0, 0.05) is 6.20 Å². The third-order valence-corrected chi connectivity index (χ3v) is 2.69. The van der Waals surface area contributed by atoms with Gasteiger partial charge in [0.2, 0.25) is 5.82 Å². The number of halogens is 3. The summed E-state index contributed by atoms with van der Waals surface area (Å²) in [6.45, 7) is 0. The van der Waals surface area contributed by atoms with Gasteiger partial charge in [-0.1, -0.05) is 18.2 Å². The topological polar surface area (TPSA) is 30.7 Å². The first-order valence-electron chi connectivity index (χ1n) is 5.53. The molecule has 96 valence electrons. The lowest BCUT2D eigenvalue weighted by Crippen LogP contribution is -2.14. The van der Waals surface area contributed by atoms with Crippen LogP contribution in [-0.2, 0) is 6.18 Å². The van der Waals surface area contributed by atoms with Crippen molar-refractivity contribution in [2.45, 2.75) is 6.18 Å². The van der Waals surface area contributed by atoms with Crippen molar-refractivity contribution in [3.05, 3.63) is 54.5 Å². The Bertz CT molecular complexity index is 717. The zero-order valence-electron chi connectivity index (χ0n) is 9.59. The van der Waals surface area contributed by atoms with Crippen molar-refractivity contribution >= 4 is 11.0 Å². The van der Waals surface area contributed by atoms with Crippen LogP contribution in [0.4, 0.5) is 13.2 Å². The molecule has 0 amide bonds. The largest absolute Gasteiger partial charge is 0.450 e. The Morgan fingerprint density at radius 2 is 1.68 bits per heavy atom. The number of benzene rings is 1. The van der Waals surface area contributed by atoms with Crippen LogP contribution in [0, 0.1) is 0 Å². The highest BCUT2D eigenvalue weighted by molar-refractivity contribution is 5.78. The van der Waals surface area contributed by atoms with Gasteiger partial charge in [-0.3, -0.25) is 4.57 Å². The minimum absolute atomic E-state index is 0.198. The molecule has 19 heavy (non-hydrogen) atoms. The van der Waals surface area contributed by atoms with Crippen LogP contribution < -0.4 is 0 Å². The number of aromatic nitrogens is 3. The van der Waals surface area contributed by atoms with Crippen LogP contribution >= 0.6 is 0 Å². The molecule has 0 aliphatic rings. The molecule has 0 fully saturated rings. The maximum atomic E-state index is 13.1. The minimum atomic E-state index is -4.53. The van der Waals surface area contributed by atoms with E-state index >= 15 is 0 Å². The zero-order chi connectivity index (χ0) is 13.5. The van der Waals surface area contributed by atoms with Crippen LogP contribution in [0.1, 0.15) is 5.82 Å². The fourth-order valence-electron chi connectivity index (χ4n) is 1.93. The predicted molar refractivity (Wildman–Crippen MR) is 63.9 cm³/mol. The fourth-order valence-corrected chi connectivity index (χ4v) is 1.93. The number of fused-ring (bicyclic) bond motifs is 1. The lowest BCUT2D eigenvalue weighted by molar-refractivity contribution is -0.145. The van der Waals surface area contributed by atoms with Gasteiger partial charge in [0.15, 0.2) is 0 Å². The fraction of sp³-hybridized carbons (Fsp3) is 0.0769. The molecule has 6 heteroatoms. The standard InChI is InChI=1S/C13H8F3N3/c14-13(15,16)12-18-9-5-1-2-6-10(9)19(12)11-7-3-4-8-17-11/h1-8H. The van der Waals surface area contributed by atoms with Crippen LogP contribution in [0.15, 0.2) is 48.7 Å². The molecule has 2 aromatic heterocycles. The number of hydrogen-bond donors (Lipinski definition) is 0. The number of nitrogens with zero attached hydrogens (tertiary/aromatic N) is 3. The number of hydrogen-bond acceptors (Lipinski definition) is 2. The van der Waals surface area contributed by atoms with Crippen molar-refractivity contribution in [2.24, 2.45) is 0 Å². The van der Waals surface area contributed by atoms with Gasteiger partial charge in [0.05, 0.1) is 11.0 Å². The monoisotopic (exact) mass is 263 g/mol. The van der Waals surface area contributed by atoms with E-state index in [9.17, 15) is 13.2 Å². The van der Waals surface area contributed by atoms with E-state index < -0.39 is 12.0 Å². The van der Waals surface area contributed by atoms with E-state index in [1.54, 1.807) is 36.4 Å². The average Bonchev–Trinajstić information content (AvgIpc) is 2.79. The Labute approximate surface area is 106 Å². The van der Waals surface area contributed by atoms with Crippen molar-refractivity contribution in [3.63, 3.8) is 0 Å². The molecule has 0 saturated heterocycles. The number of imidazole rings is 1. The summed E-state index contributed by atoms with van der Waals surface area (Å²) >= 11 is 0. The molecule has 0 N–H and O–H groups in total. The summed E-state index contributed by atoms with van der Waals surface area (Å²) < 4.78 is 40.2. The smallest absolute Gasteiger partial charge is 0.273 e. The van der Waals surface area contributed by atoms with Gasteiger partial charge in [-0.25, -0.2) is 9.97 Å². The summed E-state index contributed by atoms with van der Waals surface area (Å²) in [5, 5.41) is 0. The first kappa shape index (κ1) is 11.7. The number of rotatable bonds is 1. The van der Waals surface area contributed by atoms with Crippen LogP contribution in [-0.4, -0.2) is 14.5 Å². The van der Waals surface area contributed by atoms with Gasteiger partial charge >= 0.3 is 6.18 Å². The molecule has 0 saturated carbocycles. The van der Waals surface area contributed by atoms with Crippen LogP contribution in [0.2, 0.25) is 0 Å². The molecule has 3 rings (SSSR count). The molecule has 2 heterocycles. The summed E-state index contributed by atoms with van der Waals surface area (Å²) in [5.74, 6) is -0.768. The first-order valence-corrected chi connectivity index (χ1v) is 5.53. The summed E-state index contributed by atoms with van der Waals surface area (Å²) in [6.07, 6.45) is -3.08. The van der Waals surface area contributed by atoms with Gasteiger partial charge in [0.1, 0.15) is 5.82 Å². The van der Waals surface area contributed by atoms with Crippen LogP contribution in [0.3, 0.4) is 0 Å². The summed E-state index contributed by atoms with van der Waals surface area (Å²) in [4.78, 5) is 7.63. The normalized spacial score (nSPS) is 11.9. The molecule has 0 unspecified atom stereocenters. The molecule has 3 aromatic rings. The summed E-state index contributed by atoms with van der Waals surface area (Å²) in [5.41, 5.74) is 0.675. The Morgan fingerprint density at radius 1 is 0.947 bits per heavy atom. The molecule has 0 aliphatic carbocycles.